The van der Waals surface area contributed by atoms with Crippen LogP contribution >= 0.6 is 0 Å². The molecule has 8 nitrogen and oxygen atoms in total. The van der Waals surface area contributed by atoms with Crippen LogP contribution < -0.4 is 9.62 Å². The molecule has 1 saturated heterocycles. The van der Waals surface area contributed by atoms with Crippen molar-refractivity contribution in [2.45, 2.75) is 23.8 Å². The second-order valence-electron chi connectivity index (χ2n) is 7.39. The third kappa shape index (κ3) is 5.59. The van der Waals surface area contributed by atoms with Gasteiger partial charge in [-0.3, -0.25) is 0 Å². The molecule has 1 unspecified atom stereocenters. The van der Waals surface area contributed by atoms with Gasteiger partial charge in [-0.2, -0.15) is 0 Å². The van der Waals surface area contributed by atoms with Gasteiger partial charge < -0.3 is 14.2 Å². The van der Waals surface area contributed by atoms with Crippen molar-refractivity contribution >= 4 is 32.7 Å². The first-order valence-electron chi connectivity index (χ1n) is 9.53. The van der Waals surface area contributed by atoms with Gasteiger partial charge in [-0.15, -0.1) is 0 Å². The van der Waals surface area contributed by atoms with Crippen LogP contribution in [0.4, 0.5) is 11.5 Å². The van der Waals surface area contributed by atoms with Crippen LogP contribution in [0.1, 0.15) is 18.5 Å². The molecule has 0 bridgehead atoms. The van der Waals surface area contributed by atoms with Crippen molar-refractivity contribution in [2.75, 3.05) is 42.2 Å². The second-order valence-corrected chi connectivity index (χ2v) is 11.0. The van der Waals surface area contributed by atoms with Crippen LogP contribution in [-0.4, -0.2) is 60.7 Å². The number of morpholine rings is 1. The monoisotopic (exact) mass is 436 g/mol. The Hall–Kier alpha value is -1.88. The number of anilines is 2. The van der Waals surface area contributed by atoms with E-state index >= 15 is 0 Å². The standard InChI is InChI=1S/C19H24N4O4S2/c1-29(25,26)13-16-12-18(23-8-10-27-11-9-23)21-19(20-16)14-2-4-15(5-3-14)22-28(24)17-6-7-17/h2-5,12,17,22H,6-11,13H2,1H3. The number of ether oxygens (including phenoxy) is 1. The average Bonchev–Trinajstić information content (AvgIpc) is 3.53. The summed E-state index contributed by atoms with van der Waals surface area (Å²) in [4.78, 5) is 11.2. The Morgan fingerprint density at radius 2 is 1.90 bits per heavy atom. The summed E-state index contributed by atoms with van der Waals surface area (Å²) in [6.07, 6.45) is 3.20. The predicted molar refractivity (Wildman–Crippen MR) is 114 cm³/mol. The van der Waals surface area contributed by atoms with Gasteiger partial charge in [-0.1, -0.05) is 0 Å². The van der Waals surface area contributed by atoms with E-state index in [1.165, 1.54) is 6.26 Å². The highest BCUT2D eigenvalue weighted by atomic mass is 32.2. The molecule has 1 aliphatic heterocycles. The molecule has 1 aromatic heterocycles. The van der Waals surface area contributed by atoms with Gasteiger partial charge in [0, 0.05) is 43.8 Å². The summed E-state index contributed by atoms with van der Waals surface area (Å²) in [5.41, 5.74) is 2.02. The van der Waals surface area contributed by atoms with Gasteiger partial charge in [0.05, 0.1) is 41.7 Å². The minimum Gasteiger partial charge on any atom is -0.593 e. The fraction of sp³-hybridized carbons (Fsp3) is 0.474. The van der Waals surface area contributed by atoms with Gasteiger partial charge in [0.15, 0.2) is 15.7 Å². The zero-order valence-corrected chi connectivity index (χ0v) is 17.8. The van der Waals surface area contributed by atoms with E-state index in [1.54, 1.807) is 6.07 Å². The lowest BCUT2D eigenvalue weighted by atomic mass is 10.2. The molecule has 4 rings (SSSR count). The Bertz CT molecular complexity index is 959. The van der Waals surface area contributed by atoms with E-state index < -0.39 is 21.2 Å². The van der Waals surface area contributed by atoms with Crippen LogP contribution in [0.5, 0.6) is 0 Å². The van der Waals surface area contributed by atoms with Crippen molar-refractivity contribution in [1.82, 2.24) is 9.97 Å². The summed E-state index contributed by atoms with van der Waals surface area (Å²) in [6, 6.07) is 9.14. The average molecular weight is 437 g/mol. The Morgan fingerprint density at radius 3 is 2.52 bits per heavy atom. The molecule has 10 heteroatoms. The number of hydrogen-bond acceptors (Lipinski definition) is 8. The smallest absolute Gasteiger partial charge is 0.161 e. The van der Waals surface area contributed by atoms with E-state index in [1.807, 2.05) is 24.3 Å². The third-order valence-electron chi connectivity index (χ3n) is 4.70. The minimum absolute atomic E-state index is 0.139. The Labute approximate surface area is 173 Å². The lowest BCUT2D eigenvalue weighted by Crippen LogP contribution is -2.37. The molecule has 0 spiro atoms. The van der Waals surface area contributed by atoms with E-state index in [-0.39, 0.29) is 11.0 Å². The molecule has 0 radical (unpaired) electrons. The van der Waals surface area contributed by atoms with E-state index in [4.69, 9.17) is 4.74 Å². The summed E-state index contributed by atoms with van der Waals surface area (Å²) in [5.74, 6) is 1.04. The lowest BCUT2D eigenvalue weighted by molar-refractivity contribution is 0.122. The van der Waals surface area contributed by atoms with Crippen molar-refractivity contribution in [2.24, 2.45) is 0 Å². The highest BCUT2D eigenvalue weighted by Crippen LogP contribution is 2.30. The van der Waals surface area contributed by atoms with Crippen LogP contribution in [0.3, 0.4) is 0 Å². The number of sulfone groups is 1. The first kappa shape index (κ1) is 20.4. The van der Waals surface area contributed by atoms with Crippen LogP contribution in [0.2, 0.25) is 0 Å². The molecule has 2 aliphatic rings. The van der Waals surface area contributed by atoms with Crippen LogP contribution in [0, 0.1) is 0 Å². The predicted octanol–water partition coefficient (Wildman–Crippen LogP) is 1.76. The molecule has 1 atom stereocenters. The maximum atomic E-state index is 12.0. The second kappa shape index (κ2) is 8.47. The number of rotatable bonds is 7. The summed E-state index contributed by atoms with van der Waals surface area (Å²) in [5, 5.41) is 0.252. The van der Waals surface area contributed by atoms with Crippen molar-refractivity contribution in [3.63, 3.8) is 0 Å². The normalized spacial score (nSPS) is 18.5. The van der Waals surface area contributed by atoms with Crippen molar-refractivity contribution in [3.05, 3.63) is 36.0 Å². The molecule has 156 valence electrons. The lowest BCUT2D eigenvalue weighted by Gasteiger charge is -2.28. The summed E-state index contributed by atoms with van der Waals surface area (Å²) in [6.45, 7) is 2.62. The van der Waals surface area contributed by atoms with Gasteiger partial charge in [-0.05, 0) is 24.3 Å². The van der Waals surface area contributed by atoms with Gasteiger partial charge in [0.2, 0.25) is 0 Å². The maximum absolute atomic E-state index is 12.0. The highest BCUT2D eigenvalue weighted by Gasteiger charge is 2.35. The summed E-state index contributed by atoms with van der Waals surface area (Å²) in [7, 11) is -3.22. The third-order valence-corrected chi connectivity index (χ3v) is 7.03. The topological polar surface area (TPSA) is 107 Å². The molecule has 1 aromatic carbocycles. The molecule has 1 saturated carbocycles. The Morgan fingerprint density at radius 1 is 1.21 bits per heavy atom. The van der Waals surface area contributed by atoms with Crippen LogP contribution in [0.15, 0.2) is 30.3 Å². The number of benzene rings is 1. The quantitative estimate of drug-likeness (QED) is 0.654. The van der Waals surface area contributed by atoms with E-state index in [0.717, 1.165) is 24.1 Å². The van der Waals surface area contributed by atoms with Crippen LogP contribution in [-0.2, 0) is 31.7 Å². The fourth-order valence-corrected chi connectivity index (χ4v) is 4.86. The van der Waals surface area contributed by atoms with E-state index in [2.05, 4.69) is 19.6 Å². The van der Waals surface area contributed by atoms with E-state index in [9.17, 15) is 13.0 Å². The first-order valence-corrected chi connectivity index (χ1v) is 12.8. The number of hydrogen-bond donors (Lipinski definition) is 1. The Balaban J connectivity index is 1.61. The molecule has 29 heavy (non-hydrogen) atoms. The number of nitrogens with zero attached hydrogens (tertiary/aromatic N) is 3. The molecule has 2 aromatic rings. The minimum atomic E-state index is -3.22. The summed E-state index contributed by atoms with van der Waals surface area (Å²) < 4.78 is 44.1. The number of aromatic nitrogens is 2. The molecule has 2 heterocycles. The highest BCUT2D eigenvalue weighted by molar-refractivity contribution is 7.93. The molecule has 1 N–H and O–H groups in total. The molecule has 2 fully saturated rings. The largest absolute Gasteiger partial charge is 0.593 e. The molecule has 0 amide bonds. The zero-order chi connectivity index (χ0) is 20.4. The van der Waals surface area contributed by atoms with Gasteiger partial charge >= 0.3 is 0 Å². The zero-order valence-electron chi connectivity index (χ0n) is 16.2. The van der Waals surface area contributed by atoms with E-state index in [0.29, 0.717) is 43.6 Å². The fourth-order valence-electron chi connectivity index (χ4n) is 3.08. The Kier molecular flexibility index (Phi) is 5.95. The first-order chi connectivity index (χ1) is 13.9. The summed E-state index contributed by atoms with van der Waals surface area (Å²) >= 11 is -1.05. The van der Waals surface area contributed by atoms with Crippen molar-refractivity contribution < 1.29 is 17.7 Å². The van der Waals surface area contributed by atoms with Gasteiger partial charge in [-0.25, -0.2) is 23.1 Å². The molecular weight excluding hydrogens is 412 g/mol. The molecular formula is C19H24N4O4S2. The maximum Gasteiger partial charge on any atom is 0.161 e. The van der Waals surface area contributed by atoms with Crippen molar-refractivity contribution in [3.8, 4) is 11.4 Å². The van der Waals surface area contributed by atoms with Crippen molar-refractivity contribution in [1.29, 1.82) is 0 Å². The molecule has 1 aliphatic carbocycles. The van der Waals surface area contributed by atoms with Crippen LogP contribution in [0.25, 0.3) is 11.4 Å². The SMILES string of the molecule is CS(=O)(=O)Cc1cc(N2CCOCC2)nc(-c2ccc(N[S+]([O-])C3CC3)cc2)n1. The van der Waals surface area contributed by atoms with Gasteiger partial charge in [0.25, 0.3) is 0 Å². The van der Waals surface area contributed by atoms with Gasteiger partial charge in [0.1, 0.15) is 11.1 Å². The number of nitrogens with one attached hydrogen (secondary N) is 1.